The minimum atomic E-state index is 0.800. The molecule has 0 radical (unpaired) electrons. The van der Waals surface area contributed by atoms with Gasteiger partial charge in [0.15, 0.2) is 0 Å². The Morgan fingerprint density at radius 1 is 0.941 bits per heavy atom. The molecule has 0 saturated heterocycles. The first-order chi connectivity index (χ1) is 8.04. The Kier molecular flexibility index (Phi) is 9.91. The number of unbranched alkanes of at least 4 members (excludes halogenated alkanes) is 1. The highest BCUT2D eigenvalue weighted by atomic mass is 15.1. The molecule has 0 aliphatic carbocycles. The molecule has 0 rings (SSSR count). The molecule has 1 nitrogen and oxygen atoms in total. The second kappa shape index (κ2) is 9.94. The molecular weight excluding hydrogens is 206 g/mol. The predicted octanol–water partition coefficient (Wildman–Crippen LogP) is 4.96. The molecule has 1 heteroatoms. The standard InChI is InChI=1S/C16H35N/c1-7-10-11-16(9-3)17(6)13-15(5)12-14(4)8-2/h14-16H,7-13H2,1-6H3. The van der Waals surface area contributed by atoms with Crippen LogP contribution in [-0.4, -0.2) is 24.5 Å². The molecule has 0 aliphatic heterocycles. The third kappa shape index (κ3) is 7.81. The predicted molar refractivity (Wildman–Crippen MR) is 79.5 cm³/mol. The lowest BCUT2D eigenvalue weighted by Crippen LogP contribution is -2.35. The van der Waals surface area contributed by atoms with Crippen molar-refractivity contribution in [2.24, 2.45) is 11.8 Å². The largest absolute Gasteiger partial charge is 0.303 e. The smallest absolute Gasteiger partial charge is 0.00896 e. The van der Waals surface area contributed by atoms with Crippen LogP contribution in [0.1, 0.15) is 73.1 Å². The maximum Gasteiger partial charge on any atom is 0.00896 e. The minimum absolute atomic E-state index is 0.800. The molecule has 0 bridgehead atoms. The summed E-state index contributed by atoms with van der Waals surface area (Å²) in [5, 5.41) is 0. The lowest BCUT2D eigenvalue weighted by atomic mass is 9.94. The van der Waals surface area contributed by atoms with Gasteiger partial charge in [-0.25, -0.2) is 0 Å². The first kappa shape index (κ1) is 17.0. The zero-order valence-electron chi connectivity index (χ0n) is 13.1. The van der Waals surface area contributed by atoms with Gasteiger partial charge >= 0.3 is 0 Å². The average Bonchev–Trinajstić information content (AvgIpc) is 2.29. The van der Waals surface area contributed by atoms with Gasteiger partial charge < -0.3 is 4.90 Å². The fourth-order valence-electron chi connectivity index (χ4n) is 2.74. The van der Waals surface area contributed by atoms with Gasteiger partial charge in [-0.2, -0.15) is 0 Å². The Hall–Kier alpha value is -0.0400. The summed E-state index contributed by atoms with van der Waals surface area (Å²) in [6.07, 6.45) is 8.08. The van der Waals surface area contributed by atoms with E-state index >= 15 is 0 Å². The van der Waals surface area contributed by atoms with Crippen molar-refractivity contribution in [3.63, 3.8) is 0 Å². The molecule has 0 saturated carbocycles. The van der Waals surface area contributed by atoms with E-state index < -0.39 is 0 Å². The Morgan fingerprint density at radius 3 is 2.06 bits per heavy atom. The van der Waals surface area contributed by atoms with Gasteiger partial charge in [0.25, 0.3) is 0 Å². The lowest BCUT2D eigenvalue weighted by Gasteiger charge is -2.30. The molecule has 0 spiro atoms. The summed E-state index contributed by atoms with van der Waals surface area (Å²) in [4.78, 5) is 2.60. The van der Waals surface area contributed by atoms with Crippen LogP contribution in [0.5, 0.6) is 0 Å². The summed E-state index contributed by atoms with van der Waals surface area (Å²) in [5.74, 6) is 1.72. The van der Waals surface area contributed by atoms with Gasteiger partial charge in [-0.3, -0.25) is 0 Å². The SMILES string of the molecule is CCCCC(CC)N(C)CC(C)CC(C)CC. The molecular formula is C16H35N. The summed E-state index contributed by atoms with van der Waals surface area (Å²) in [6, 6.07) is 0.800. The number of hydrogen-bond donors (Lipinski definition) is 0. The quantitative estimate of drug-likeness (QED) is 0.522. The van der Waals surface area contributed by atoms with Crippen LogP contribution in [0.25, 0.3) is 0 Å². The van der Waals surface area contributed by atoms with Gasteiger partial charge in [0.1, 0.15) is 0 Å². The first-order valence-corrected chi connectivity index (χ1v) is 7.75. The van der Waals surface area contributed by atoms with Crippen molar-refractivity contribution < 1.29 is 0 Å². The Morgan fingerprint density at radius 2 is 1.59 bits per heavy atom. The average molecular weight is 241 g/mol. The van der Waals surface area contributed by atoms with Crippen molar-refractivity contribution in [3.8, 4) is 0 Å². The second-order valence-corrected chi connectivity index (χ2v) is 6.00. The molecule has 0 aromatic carbocycles. The molecule has 17 heavy (non-hydrogen) atoms. The van der Waals surface area contributed by atoms with E-state index in [0.29, 0.717) is 0 Å². The van der Waals surface area contributed by atoms with Crippen LogP contribution in [0.3, 0.4) is 0 Å². The normalized spacial score (nSPS) is 17.1. The number of nitrogens with zero attached hydrogens (tertiary/aromatic N) is 1. The van der Waals surface area contributed by atoms with Gasteiger partial charge in [0.2, 0.25) is 0 Å². The van der Waals surface area contributed by atoms with Crippen molar-refractivity contribution in [2.75, 3.05) is 13.6 Å². The van der Waals surface area contributed by atoms with Gasteiger partial charge in [-0.15, -0.1) is 0 Å². The maximum atomic E-state index is 2.60. The summed E-state index contributed by atoms with van der Waals surface area (Å²) < 4.78 is 0. The zero-order chi connectivity index (χ0) is 13.3. The second-order valence-electron chi connectivity index (χ2n) is 6.00. The number of rotatable bonds is 10. The van der Waals surface area contributed by atoms with Crippen molar-refractivity contribution in [3.05, 3.63) is 0 Å². The van der Waals surface area contributed by atoms with Crippen molar-refractivity contribution >= 4 is 0 Å². The number of hydrogen-bond acceptors (Lipinski definition) is 1. The van der Waals surface area contributed by atoms with Crippen LogP contribution in [0.4, 0.5) is 0 Å². The zero-order valence-corrected chi connectivity index (χ0v) is 13.1. The van der Waals surface area contributed by atoms with Crippen molar-refractivity contribution in [1.29, 1.82) is 0 Å². The summed E-state index contributed by atoms with van der Waals surface area (Å²) in [7, 11) is 2.32. The van der Waals surface area contributed by atoms with Crippen LogP contribution >= 0.6 is 0 Å². The van der Waals surface area contributed by atoms with Crippen LogP contribution in [0, 0.1) is 11.8 Å². The molecule has 3 atom stereocenters. The molecule has 0 fully saturated rings. The van der Waals surface area contributed by atoms with E-state index in [2.05, 4.69) is 46.6 Å². The van der Waals surface area contributed by atoms with E-state index in [9.17, 15) is 0 Å². The Bertz CT molecular complexity index is 167. The molecule has 0 aromatic rings. The van der Waals surface area contributed by atoms with Gasteiger partial charge in [-0.1, -0.05) is 53.9 Å². The Balaban J connectivity index is 3.97. The topological polar surface area (TPSA) is 3.24 Å². The van der Waals surface area contributed by atoms with Gasteiger partial charge in [-0.05, 0) is 38.1 Å². The lowest BCUT2D eigenvalue weighted by molar-refractivity contribution is 0.182. The highest BCUT2D eigenvalue weighted by molar-refractivity contribution is 4.70. The van der Waals surface area contributed by atoms with Crippen molar-refractivity contribution in [2.45, 2.75) is 79.2 Å². The molecule has 0 aromatic heterocycles. The van der Waals surface area contributed by atoms with Crippen molar-refractivity contribution in [1.82, 2.24) is 4.90 Å². The van der Waals surface area contributed by atoms with Gasteiger partial charge in [0.05, 0.1) is 0 Å². The van der Waals surface area contributed by atoms with Crippen LogP contribution < -0.4 is 0 Å². The van der Waals surface area contributed by atoms with E-state index in [1.54, 1.807) is 0 Å². The van der Waals surface area contributed by atoms with E-state index in [1.807, 2.05) is 0 Å². The van der Waals surface area contributed by atoms with Crippen LogP contribution in [0.2, 0.25) is 0 Å². The summed E-state index contributed by atoms with van der Waals surface area (Å²) >= 11 is 0. The molecule has 0 amide bonds. The van der Waals surface area contributed by atoms with E-state index in [-0.39, 0.29) is 0 Å². The first-order valence-electron chi connectivity index (χ1n) is 7.75. The molecule has 0 aliphatic rings. The summed E-state index contributed by atoms with van der Waals surface area (Å²) in [6.45, 7) is 13.0. The van der Waals surface area contributed by atoms with Crippen LogP contribution in [-0.2, 0) is 0 Å². The van der Waals surface area contributed by atoms with E-state index in [4.69, 9.17) is 0 Å². The van der Waals surface area contributed by atoms with E-state index in [0.717, 1.165) is 17.9 Å². The molecule has 3 unspecified atom stereocenters. The fraction of sp³-hybridized carbons (Fsp3) is 1.00. The monoisotopic (exact) mass is 241 g/mol. The molecule has 0 N–H and O–H groups in total. The third-order valence-corrected chi connectivity index (χ3v) is 4.09. The maximum absolute atomic E-state index is 2.60. The highest BCUT2D eigenvalue weighted by Gasteiger charge is 2.15. The minimum Gasteiger partial charge on any atom is -0.303 e. The summed E-state index contributed by atoms with van der Waals surface area (Å²) in [5.41, 5.74) is 0. The highest BCUT2D eigenvalue weighted by Crippen LogP contribution is 2.18. The fourth-order valence-corrected chi connectivity index (χ4v) is 2.74. The molecule has 0 heterocycles. The Labute approximate surface area is 110 Å². The van der Waals surface area contributed by atoms with Crippen LogP contribution in [0.15, 0.2) is 0 Å². The third-order valence-electron chi connectivity index (χ3n) is 4.09. The van der Waals surface area contributed by atoms with Gasteiger partial charge in [0, 0.05) is 12.6 Å². The van der Waals surface area contributed by atoms with E-state index in [1.165, 1.54) is 45.1 Å². The molecule has 104 valence electrons.